The monoisotopic (exact) mass is 515 g/mol. The summed E-state index contributed by atoms with van der Waals surface area (Å²) in [5, 5.41) is 16.8. The summed E-state index contributed by atoms with van der Waals surface area (Å²) in [6, 6.07) is 10.3. The minimum Gasteiger partial charge on any atom is -0.441 e. The summed E-state index contributed by atoms with van der Waals surface area (Å²) in [6.07, 6.45) is 5.76. The van der Waals surface area contributed by atoms with Crippen molar-refractivity contribution in [2.75, 3.05) is 18.5 Å². The number of hydrogen-bond acceptors (Lipinski definition) is 6. The van der Waals surface area contributed by atoms with Crippen LogP contribution in [0.25, 0.3) is 11.1 Å². The van der Waals surface area contributed by atoms with Crippen molar-refractivity contribution >= 4 is 23.5 Å². The number of rotatable bonds is 6. The Bertz CT molecular complexity index is 1030. The molecule has 1 unspecified atom stereocenters. The van der Waals surface area contributed by atoms with Crippen molar-refractivity contribution in [3.8, 4) is 11.1 Å². The Labute approximate surface area is 218 Å². The molecular formula is C28H38ClN3O4. The Kier molecular flexibility index (Phi) is 8.75. The lowest BCUT2D eigenvalue weighted by Gasteiger charge is -2.31. The van der Waals surface area contributed by atoms with Crippen LogP contribution in [0, 0.1) is 5.92 Å². The van der Waals surface area contributed by atoms with Gasteiger partial charge >= 0.3 is 6.09 Å². The first-order valence-corrected chi connectivity index (χ1v) is 13.3. The molecule has 4 rings (SSSR count). The number of pyridine rings is 1. The lowest BCUT2D eigenvalue weighted by atomic mass is 9.88. The van der Waals surface area contributed by atoms with Crippen LogP contribution in [0.15, 0.2) is 36.5 Å². The number of aliphatic hydroxyl groups excluding tert-OH is 1. The summed E-state index contributed by atoms with van der Waals surface area (Å²) < 4.78 is 11.6. The minimum absolute atomic E-state index is 0.173. The normalized spacial score (nSPS) is 22.0. The number of aromatic nitrogens is 1. The molecular weight excluding hydrogens is 478 g/mol. The van der Waals surface area contributed by atoms with Crippen molar-refractivity contribution < 1.29 is 19.4 Å². The predicted molar refractivity (Wildman–Crippen MR) is 142 cm³/mol. The number of carbonyl (C=O) groups excluding carboxylic acids is 1. The summed E-state index contributed by atoms with van der Waals surface area (Å²) in [7, 11) is 0. The second kappa shape index (κ2) is 11.8. The number of hydrogen-bond donors (Lipinski definition) is 3. The van der Waals surface area contributed by atoms with Gasteiger partial charge in [-0.2, -0.15) is 0 Å². The highest BCUT2D eigenvalue weighted by molar-refractivity contribution is 6.33. The predicted octanol–water partition coefficient (Wildman–Crippen LogP) is 6.11. The number of nitrogens with one attached hydrogen (secondary N) is 2. The van der Waals surface area contributed by atoms with Gasteiger partial charge in [-0.3, -0.25) is 0 Å². The van der Waals surface area contributed by atoms with E-state index < -0.39 is 6.09 Å². The minimum atomic E-state index is -0.421. The van der Waals surface area contributed by atoms with Crippen LogP contribution in [0.3, 0.4) is 0 Å². The quantitative estimate of drug-likeness (QED) is 0.430. The molecule has 1 atom stereocenters. The first-order valence-electron chi connectivity index (χ1n) is 12.9. The zero-order valence-electron chi connectivity index (χ0n) is 21.4. The molecule has 1 saturated carbocycles. The van der Waals surface area contributed by atoms with E-state index in [4.69, 9.17) is 21.1 Å². The van der Waals surface area contributed by atoms with Crippen LogP contribution >= 0.6 is 11.6 Å². The maximum absolute atomic E-state index is 12.7. The number of nitrogens with zero attached hydrogens (tertiary/aromatic N) is 1. The molecule has 2 aromatic rings. The summed E-state index contributed by atoms with van der Waals surface area (Å²) in [5.41, 5.74) is 2.37. The van der Waals surface area contributed by atoms with E-state index in [0.29, 0.717) is 18.2 Å². The average Bonchev–Trinajstić information content (AvgIpc) is 2.85. The van der Waals surface area contributed by atoms with Gasteiger partial charge in [0.2, 0.25) is 0 Å². The van der Waals surface area contributed by atoms with E-state index in [1.807, 2.05) is 45.0 Å². The van der Waals surface area contributed by atoms with Gasteiger partial charge < -0.3 is 25.2 Å². The van der Waals surface area contributed by atoms with Gasteiger partial charge in [0.25, 0.3) is 0 Å². The standard InChI is InChI=1S/C28H38ClN3O4/c1-28(2,3)32-27(34)36-26(18-11-13-35-14-12-18)20-6-4-5-19(15-20)23-16-25(30-17-24(23)29)31-21-7-9-22(33)10-8-21/h4-6,15-18,21-22,26,33H,7-14H2,1-3H3,(H,30,31)(H,32,34). The average molecular weight is 516 g/mol. The Hall–Kier alpha value is -2.35. The first kappa shape index (κ1) is 26.7. The van der Waals surface area contributed by atoms with Crippen molar-refractivity contribution in [3.63, 3.8) is 0 Å². The van der Waals surface area contributed by atoms with Gasteiger partial charge in [0, 0.05) is 42.5 Å². The number of amides is 1. The first-order chi connectivity index (χ1) is 17.2. The Morgan fingerprint density at radius 3 is 2.56 bits per heavy atom. The summed E-state index contributed by atoms with van der Waals surface area (Å²) in [6.45, 7) is 7.13. The summed E-state index contributed by atoms with van der Waals surface area (Å²) in [4.78, 5) is 17.2. The van der Waals surface area contributed by atoms with Gasteiger partial charge in [-0.15, -0.1) is 0 Å². The molecule has 1 amide bonds. The van der Waals surface area contributed by atoms with Crippen LogP contribution in [-0.4, -0.2) is 47.1 Å². The lowest BCUT2D eigenvalue weighted by Crippen LogP contribution is -2.42. The van der Waals surface area contributed by atoms with Crippen molar-refractivity contribution in [3.05, 3.63) is 47.1 Å². The largest absolute Gasteiger partial charge is 0.441 e. The fraction of sp³-hybridized carbons (Fsp3) is 0.571. The molecule has 8 heteroatoms. The number of carbonyl (C=O) groups is 1. The third-order valence-electron chi connectivity index (χ3n) is 6.84. The van der Waals surface area contributed by atoms with Crippen LogP contribution in [0.2, 0.25) is 5.02 Å². The molecule has 1 aromatic carbocycles. The highest BCUT2D eigenvalue weighted by atomic mass is 35.5. The van der Waals surface area contributed by atoms with Crippen molar-refractivity contribution in [2.24, 2.45) is 5.92 Å². The Morgan fingerprint density at radius 1 is 1.14 bits per heavy atom. The third kappa shape index (κ3) is 7.34. The maximum Gasteiger partial charge on any atom is 0.408 e. The zero-order chi connectivity index (χ0) is 25.7. The molecule has 3 N–H and O–H groups in total. The van der Waals surface area contributed by atoms with E-state index in [0.717, 1.165) is 61.0 Å². The summed E-state index contributed by atoms with van der Waals surface area (Å²) >= 11 is 6.59. The van der Waals surface area contributed by atoms with E-state index >= 15 is 0 Å². The van der Waals surface area contributed by atoms with Gasteiger partial charge in [0.15, 0.2) is 0 Å². The highest BCUT2D eigenvalue weighted by Crippen LogP contribution is 2.37. The molecule has 196 valence electrons. The van der Waals surface area contributed by atoms with E-state index in [2.05, 4.69) is 21.7 Å². The molecule has 7 nitrogen and oxygen atoms in total. The van der Waals surface area contributed by atoms with Gasteiger partial charge in [-0.05, 0) is 82.6 Å². The van der Waals surface area contributed by atoms with Crippen LogP contribution < -0.4 is 10.6 Å². The highest BCUT2D eigenvalue weighted by Gasteiger charge is 2.30. The molecule has 2 heterocycles. The van der Waals surface area contributed by atoms with E-state index in [1.165, 1.54) is 0 Å². The second-order valence-electron chi connectivity index (χ2n) is 11.0. The summed E-state index contributed by atoms with van der Waals surface area (Å²) in [5.74, 6) is 0.939. The lowest BCUT2D eigenvalue weighted by molar-refractivity contribution is -0.00504. The third-order valence-corrected chi connectivity index (χ3v) is 7.14. The van der Waals surface area contributed by atoms with Crippen molar-refractivity contribution in [2.45, 2.75) is 83.1 Å². The van der Waals surface area contributed by atoms with Crippen molar-refractivity contribution in [1.29, 1.82) is 0 Å². The molecule has 1 aliphatic heterocycles. The second-order valence-corrected chi connectivity index (χ2v) is 11.4. The molecule has 2 fully saturated rings. The van der Waals surface area contributed by atoms with E-state index in [1.54, 1.807) is 6.20 Å². The number of halogens is 1. The van der Waals surface area contributed by atoms with Gasteiger partial charge in [-0.25, -0.2) is 9.78 Å². The maximum atomic E-state index is 12.7. The van der Waals surface area contributed by atoms with Crippen LogP contribution in [0.4, 0.5) is 10.6 Å². The zero-order valence-corrected chi connectivity index (χ0v) is 22.2. The molecule has 2 aliphatic rings. The number of ether oxygens (including phenoxy) is 2. The van der Waals surface area contributed by atoms with Gasteiger partial charge in [0.05, 0.1) is 11.1 Å². The molecule has 1 aromatic heterocycles. The Morgan fingerprint density at radius 2 is 1.86 bits per heavy atom. The molecule has 36 heavy (non-hydrogen) atoms. The fourth-order valence-electron chi connectivity index (χ4n) is 4.96. The molecule has 0 radical (unpaired) electrons. The molecule has 0 bridgehead atoms. The number of anilines is 1. The SMILES string of the molecule is CC(C)(C)NC(=O)OC(c1cccc(-c2cc(NC3CCC(O)CC3)ncc2Cl)c1)C1CCOCC1. The fourth-order valence-corrected chi connectivity index (χ4v) is 5.17. The topological polar surface area (TPSA) is 92.7 Å². The number of alkyl carbamates (subject to hydrolysis) is 1. The molecule has 1 saturated heterocycles. The van der Waals surface area contributed by atoms with E-state index in [9.17, 15) is 9.90 Å². The Balaban J connectivity index is 1.58. The van der Waals surface area contributed by atoms with E-state index in [-0.39, 0.29) is 29.7 Å². The van der Waals surface area contributed by atoms with Gasteiger partial charge in [0.1, 0.15) is 11.9 Å². The smallest absolute Gasteiger partial charge is 0.408 e. The van der Waals surface area contributed by atoms with Crippen LogP contribution in [0.1, 0.15) is 71.0 Å². The molecule has 1 aliphatic carbocycles. The number of aliphatic hydroxyl groups is 1. The van der Waals surface area contributed by atoms with Gasteiger partial charge in [-0.1, -0.05) is 29.8 Å². The number of benzene rings is 1. The van der Waals surface area contributed by atoms with Crippen LogP contribution in [0.5, 0.6) is 0 Å². The molecule has 0 spiro atoms. The van der Waals surface area contributed by atoms with Crippen molar-refractivity contribution in [1.82, 2.24) is 10.3 Å². The van der Waals surface area contributed by atoms with Crippen LogP contribution in [-0.2, 0) is 9.47 Å².